The molecule has 13 heavy (non-hydrogen) atoms. The highest BCUT2D eigenvalue weighted by molar-refractivity contribution is 5.14. The molecule has 0 atom stereocenters. The first-order chi connectivity index (χ1) is 6.43. The van der Waals surface area contributed by atoms with Gasteiger partial charge in [-0.3, -0.25) is 0 Å². The van der Waals surface area contributed by atoms with Gasteiger partial charge in [0.25, 0.3) is 0 Å². The molecule has 0 aliphatic rings. The lowest BCUT2D eigenvalue weighted by Crippen LogP contribution is -2.19. The Morgan fingerprint density at radius 3 is 2.69 bits per heavy atom. The number of rotatable bonds is 6. The van der Waals surface area contributed by atoms with Crippen molar-refractivity contribution in [2.75, 3.05) is 19.8 Å². The van der Waals surface area contributed by atoms with Gasteiger partial charge in [0.05, 0.1) is 6.61 Å². The molecular weight excluding hydrogens is 162 g/mol. The summed E-state index contributed by atoms with van der Waals surface area (Å²) in [7, 11) is 0. The minimum atomic E-state index is 0.795. The Morgan fingerprint density at radius 1 is 1.23 bits per heavy atom. The maximum atomic E-state index is 5.21. The molecule has 0 aromatic heterocycles. The molecule has 1 N–H and O–H groups in total. The lowest BCUT2D eigenvalue weighted by atomic mass is 10.2. The Hall–Kier alpha value is -0.860. The van der Waals surface area contributed by atoms with Gasteiger partial charge in [0.15, 0.2) is 0 Å². The van der Waals surface area contributed by atoms with Gasteiger partial charge in [-0.15, -0.1) is 0 Å². The molecule has 0 heterocycles. The van der Waals surface area contributed by atoms with Crippen LogP contribution in [-0.2, 0) is 11.3 Å². The summed E-state index contributed by atoms with van der Waals surface area (Å²) >= 11 is 0. The van der Waals surface area contributed by atoms with Crippen molar-refractivity contribution in [1.29, 1.82) is 0 Å². The minimum Gasteiger partial charge on any atom is -0.380 e. The largest absolute Gasteiger partial charge is 0.380 e. The Balaban J connectivity index is 2.07. The van der Waals surface area contributed by atoms with Gasteiger partial charge in [-0.25, -0.2) is 0 Å². The first-order valence-electron chi connectivity index (χ1n) is 4.76. The van der Waals surface area contributed by atoms with Crippen molar-refractivity contribution in [3.63, 3.8) is 0 Å². The quantitative estimate of drug-likeness (QED) is 0.672. The molecule has 1 rings (SSSR count). The van der Waals surface area contributed by atoms with Crippen molar-refractivity contribution in [3.8, 4) is 0 Å². The predicted molar refractivity (Wildman–Crippen MR) is 54.6 cm³/mol. The van der Waals surface area contributed by atoms with E-state index in [0.29, 0.717) is 0 Å². The van der Waals surface area contributed by atoms with Gasteiger partial charge >= 0.3 is 0 Å². The van der Waals surface area contributed by atoms with E-state index in [9.17, 15) is 0 Å². The molecule has 0 spiro atoms. The number of ether oxygens (including phenoxy) is 1. The Kier molecular flexibility index (Phi) is 5.22. The van der Waals surface area contributed by atoms with Crippen molar-refractivity contribution >= 4 is 0 Å². The van der Waals surface area contributed by atoms with Crippen LogP contribution in [0.25, 0.3) is 0 Å². The molecule has 0 bridgehead atoms. The first kappa shape index (κ1) is 10.2. The van der Waals surface area contributed by atoms with E-state index in [1.165, 1.54) is 5.56 Å². The fourth-order valence-electron chi connectivity index (χ4n) is 1.12. The van der Waals surface area contributed by atoms with Crippen LogP contribution in [0, 0.1) is 0 Å². The van der Waals surface area contributed by atoms with Crippen LogP contribution in [0.4, 0.5) is 0 Å². The smallest absolute Gasteiger partial charge is 0.0590 e. The zero-order chi connectivity index (χ0) is 9.36. The third-order valence-corrected chi connectivity index (χ3v) is 1.80. The third-order valence-electron chi connectivity index (χ3n) is 1.80. The van der Waals surface area contributed by atoms with Crippen LogP contribution in [-0.4, -0.2) is 19.8 Å². The normalized spacial score (nSPS) is 10.2. The molecule has 2 heteroatoms. The molecular formula is C11H17NO. The molecule has 0 aliphatic carbocycles. The van der Waals surface area contributed by atoms with Gasteiger partial charge in [0, 0.05) is 19.7 Å². The molecule has 0 radical (unpaired) electrons. The Labute approximate surface area is 79.9 Å². The van der Waals surface area contributed by atoms with Crippen molar-refractivity contribution in [2.24, 2.45) is 0 Å². The minimum absolute atomic E-state index is 0.795. The topological polar surface area (TPSA) is 21.3 Å². The zero-order valence-electron chi connectivity index (χ0n) is 8.12. The van der Waals surface area contributed by atoms with E-state index in [2.05, 4.69) is 29.6 Å². The van der Waals surface area contributed by atoms with E-state index in [-0.39, 0.29) is 0 Å². The monoisotopic (exact) mass is 179 g/mol. The first-order valence-corrected chi connectivity index (χ1v) is 4.76. The van der Waals surface area contributed by atoms with Crippen LogP contribution in [0.5, 0.6) is 0 Å². The molecule has 1 aromatic carbocycles. The maximum Gasteiger partial charge on any atom is 0.0590 e. The van der Waals surface area contributed by atoms with E-state index in [1.54, 1.807) is 0 Å². The summed E-state index contributed by atoms with van der Waals surface area (Å²) < 4.78 is 5.21. The van der Waals surface area contributed by atoms with E-state index in [4.69, 9.17) is 4.74 Å². The van der Waals surface area contributed by atoms with Gasteiger partial charge < -0.3 is 10.1 Å². The third kappa shape index (κ3) is 4.65. The van der Waals surface area contributed by atoms with Crippen LogP contribution >= 0.6 is 0 Å². The van der Waals surface area contributed by atoms with E-state index >= 15 is 0 Å². The number of hydrogen-bond acceptors (Lipinski definition) is 2. The Bertz CT molecular complexity index is 211. The fourth-order valence-corrected chi connectivity index (χ4v) is 1.12. The predicted octanol–water partition coefficient (Wildman–Crippen LogP) is 1.81. The second-order valence-electron chi connectivity index (χ2n) is 2.86. The molecule has 72 valence electrons. The fraction of sp³-hybridized carbons (Fsp3) is 0.455. The zero-order valence-corrected chi connectivity index (χ0v) is 8.12. The maximum absolute atomic E-state index is 5.21. The van der Waals surface area contributed by atoms with Gasteiger partial charge in [0.1, 0.15) is 0 Å². The highest BCUT2D eigenvalue weighted by atomic mass is 16.5. The lowest BCUT2D eigenvalue weighted by molar-refractivity contribution is 0.149. The van der Waals surface area contributed by atoms with Crippen LogP contribution in [0.15, 0.2) is 30.3 Å². The molecule has 0 saturated carbocycles. The highest BCUT2D eigenvalue weighted by Gasteiger charge is 1.89. The molecule has 0 unspecified atom stereocenters. The summed E-state index contributed by atoms with van der Waals surface area (Å²) in [6, 6.07) is 10.4. The number of nitrogens with one attached hydrogen (secondary N) is 1. The average Bonchev–Trinajstić information content (AvgIpc) is 2.19. The second kappa shape index (κ2) is 6.63. The highest BCUT2D eigenvalue weighted by Crippen LogP contribution is 1.96. The standard InChI is InChI=1S/C11H17NO/c1-2-13-9-8-12-10-11-6-4-3-5-7-11/h3-7,12H,2,8-10H2,1H3. The van der Waals surface area contributed by atoms with Crippen LogP contribution in [0.2, 0.25) is 0 Å². The summed E-state index contributed by atoms with van der Waals surface area (Å²) in [4.78, 5) is 0. The van der Waals surface area contributed by atoms with Crippen molar-refractivity contribution in [3.05, 3.63) is 35.9 Å². The van der Waals surface area contributed by atoms with E-state index in [0.717, 1.165) is 26.3 Å². The lowest BCUT2D eigenvalue weighted by Gasteiger charge is -2.04. The SMILES string of the molecule is CCOCCNCc1ccccc1. The van der Waals surface area contributed by atoms with E-state index < -0.39 is 0 Å². The summed E-state index contributed by atoms with van der Waals surface area (Å²) in [6.45, 7) is 5.45. The average molecular weight is 179 g/mol. The number of benzene rings is 1. The van der Waals surface area contributed by atoms with Crippen LogP contribution in [0.1, 0.15) is 12.5 Å². The van der Waals surface area contributed by atoms with Crippen LogP contribution in [0.3, 0.4) is 0 Å². The van der Waals surface area contributed by atoms with E-state index in [1.807, 2.05) is 13.0 Å². The van der Waals surface area contributed by atoms with Crippen molar-refractivity contribution in [1.82, 2.24) is 5.32 Å². The summed E-state index contributed by atoms with van der Waals surface area (Å²) in [5.74, 6) is 0. The van der Waals surface area contributed by atoms with Crippen LogP contribution < -0.4 is 5.32 Å². The summed E-state index contributed by atoms with van der Waals surface area (Å²) in [6.07, 6.45) is 0. The van der Waals surface area contributed by atoms with Gasteiger partial charge in [-0.1, -0.05) is 30.3 Å². The molecule has 0 aliphatic heterocycles. The molecule has 0 amide bonds. The number of hydrogen-bond donors (Lipinski definition) is 1. The molecule has 2 nitrogen and oxygen atoms in total. The summed E-state index contributed by atoms with van der Waals surface area (Å²) in [5.41, 5.74) is 1.32. The second-order valence-corrected chi connectivity index (χ2v) is 2.86. The molecule has 0 fully saturated rings. The molecule has 1 aromatic rings. The van der Waals surface area contributed by atoms with Crippen molar-refractivity contribution < 1.29 is 4.74 Å². The van der Waals surface area contributed by atoms with Gasteiger partial charge in [-0.05, 0) is 12.5 Å². The van der Waals surface area contributed by atoms with Gasteiger partial charge in [-0.2, -0.15) is 0 Å². The summed E-state index contributed by atoms with van der Waals surface area (Å²) in [5, 5.41) is 3.31. The Morgan fingerprint density at radius 2 is 2.00 bits per heavy atom. The van der Waals surface area contributed by atoms with Crippen molar-refractivity contribution in [2.45, 2.75) is 13.5 Å². The van der Waals surface area contributed by atoms with Gasteiger partial charge in [0.2, 0.25) is 0 Å². The molecule has 0 saturated heterocycles.